The fraction of sp³-hybridized carbons (Fsp3) is 0.167. The van der Waals surface area contributed by atoms with Gasteiger partial charge in [-0.15, -0.1) is 0 Å². The largest absolute Gasteiger partial charge is 0.396 e. The maximum Gasteiger partial charge on any atom is 0.147 e. The van der Waals surface area contributed by atoms with E-state index >= 15 is 0 Å². The molecule has 1 aromatic carbocycles. The molecular formula is C12H14N4. The zero-order valence-electron chi connectivity index (χ0n) is 9.14. The molecule has 0 atom stereocenters. The Morgan fingerprint density at radius 3 is 2.69 bits per heavy atom. The number of aromatic nitrogens is 2. The molecule has 0 unspecified atom stereocenters. The highest BCUT2D eigenvalue weighted by atomic mass is 15.0. The van der Waals surface area contributed by atoms with E-state index in [1.807, 2.05) is 12.1 Å². The van der Waals surface area contributed by atoms with Crippen molar-refractivity contribution in [1.29, 1.82) is 0 Å². The van der Waals surface area contributed by atoms with Crippen LogP contribution in [0, 0.1) is 6.92 Å². The first-order valence-electron chi connectivity index (χ1n) is 5.11. The summed E-state index contributed by atoms with van der Waals surface area (Å²) in [5, 5.41) is 3.26. The smallest absolute Gasteiger partial charge is 0.147 e. The van der Waals surface area contributed by atoms with Crippen LogP contribution in [-0.2, 0) is 6.54 Å². The predicted molar refractivity (Wildman–Crippen MR) is 65.0 cm³/mol. The maximum absolute atomic E-state index is 5.51. The Bertz CT molecular complexity index is 465. The predicted octanol–water partition coefficient (Wildman–Crippen LogP) is 1.98. The van der Waals surface area contributed by atoms with Crippen molar-refractivity contribution in [1.82, 2.24) is 9.97 Å². The second-order valence-corrected chi connectivity index (χ2v) is 3.66. The standard InChI is InChI=1S/C12H14N4/c1-9-3-2-4-11(5-9)14-8-12-15-6-10(13)7-16-12/h2-7,14H,8,13H2,1H3. The van der Waals surface area contributed by atoms with Crippen LogP contribution in [0.25, 0.3) is 0 Å². The lowest BCUT2D eigenvalue weighted by Crippen LogP contribution is -2.04. The number of aryl methyl sites for hydroxylation is 1. The van der Waals surface area contributed by atoms with Crippen molar-refractivity contribution in [2.24, 2.45) is 0 Å². The van der Waals surface area contributed by atoms with Crippen LogP contribution in [0.4, 0.5) is 11.4 Å². The Balaban J connectivity index is 1.99. The second kappa shape index (κ2) is 4.61. The molecule has 0 saturated heterocycles. The summed E-state index contributed by atoms with van der Waals surface area (Å²) in [4.78, 5) is 8.23. The topological polar surface area (TPSA) is 63.8 Å². The SMILES string of the molecule is Cc1cccc(NCc2ncc(N)cn2)c1. The van der Waals surface area contributed by atoms with Crippen LogP contribution in [0.3, 0.4) is 0 Å². The molecule has 0 bridgehead atoms. The normalized spacial score (nSPS) is 10.1. The average molecular weight is 214 g/mol. The lowest BCUT2D eigenvalue weighted by molar-refractivity contribution is 0.951. The van der Waals surface area contributed by atoms with Crippen molar-refractivity contribution in [3.63, 3.8) is 0 Å². The van der Waals surface area contributed by atoms with Crippen LogP contribution in [0.1, 0.15) is 11.4 Å². The van der Waals surface area contributed by atoms with Crippen LogP contribution in [0.2, 0.25) is 0 Å². The van der Waals surface area contributed by atoms with E-state index in [2.05, 4.69) is 34.3 Å². The van der Waals surface area contributed by atoms with E-state index in [1.165, 1.54) is 5.56 Å². The van der Waals surface area contributed by atoms with Gasteiger partial charge in [-0.1, -0.05) is 12.1 Å². The first-order valence-corrected chi connectivity index (χ1v) is 5.11. The molecule has 0 spiro atoms. The monoisotopic (exact) mass is 214 g/mol. The number of hydrogen-bond acceptors (Lipinski definition) is 4. The van der Waals surface area contributed by atoms with Gasteiger partial charge in [0, 0.05) is 5.69 Å². The minimum absolute atomic E-state index is 0.583. The molecule has 0 radical (unpaired) electrons. The van der Waals surface area contributed by atoms with E-state index in [9.17, 15) is 0 Å². The first-order chi connectivity index (χ1) is 7.74. The summed E-state index contributed by atoms with van der Waals surface area (Å²) in [6.07, 6.45) is 3.22. The van der Waals surface area contributed by atoms with Crippen molar-refractivity contribution in [3.05, 3.63) is 48.0 Å². The van der Waals surface area contributed by atoms with E-state index in [-0.39, 0.29) is 0 Å². The van der Waals surface area contributed by atoms with Gasteiger partial charge in [-0.3, -0.25) is 0 Å². The number of nitrogens with one attached hydrogen (secondary N) is 1. The van der Waals surface area contributed by atoms with Crippen molar-refractivity contribution < 1.29 is 0 Å². The Morgan fingerprint density at radius 1 is 1.25 bits per heavy atom. The molecule has 16 heavy (non-hydrogen) atoms. The maximum atomic E-state index is 5.51. The number of anilines is 2. The van der Waals surface area contributed by atoms with Gasteiger partial charge >= 0.3 is 0 Å². The molecule has 0 aliphatic rings. The molecular weight excluding hydrogens is 200 g/mol. The first kappa shape index (κ1) is 10.4. The molecule has 4 nitrogen and oxygen atoms in total. The van der Waals surface area contributed by atoms with E-state index < -0.39 is 0 Å². The van der Waals surface area contributed by atoms with Crippen LogP contribution < -0.4 is 11.1 Å². The molecule has 1 heterocycles. The van der Waals surface area contributed by atoms with Crippen molar-refractivity contribution in [2.45, 2.75) is 13.5 Å². The second-order valence-electron chi connectivity index (χ2n) is 3.66. The van der Waals surface area contributed by atoms with Gasteiger partial charge in [-0.05, 0) is 24.6 Å². The van der Waals surface area contributed by atoms with Gasteiger partial charge in [0.15, 0.2) is 0 Å². The number of benzene rings is 1. The zero-order chi connectivity index (χ0) is 11.4. The Hall–Kier alpha value is -2.10. The summed E-state index contributed by atoms with van der Waals surface area (Å²) in [5.41, 5.74) is 8.39. The van der Waals surface area contributed by atoms with Gasteiger partial charge < -0.3 is 11.1 Å². The highest BCUT2D eigenvalue weighted by molar-refractivity contribution is 5.45. The van der Waals surface area contributed by atoms with Crippen molar-refractivity contribution >= 4 is 11.4 Å². The fourth-order valence-corrected chi connectivity index (χ4v) is 1.39. The molecule has 82 valence electrons. The van der Waals surface area contributed by atoms with Gasteiger partial charge in [0.25, 0.3) is 0 Å². The molecule has 0 amide bonds. The molecule has 2 aromatic rings. The van der Waals surface area contributed by atoms with Gasteiger partial charge in [-0.2, -0.15) is 0 Å². The Labute approximate surface area is 94.5 Å². The van der Waals surface area contributed by atoms with E-state index in [0.717, 1.165) is 11.5 Å². The molecule has 4 heteroatoms. The average Bonchev–Trinajstić information content (AvgIpc) is 2.28. The number of nitrogen functional groups attached to an aromatic ring is 1. The number of nitrogens with zero attached hydrogens (tertiary/aromatic N) is 2. The van der Waals surface area contributed by atoms with Crippen molar-refractivity contribution in [3.8, 4) is 0 Å². The molecule has 0 aliphatic heterocycles. The van der Waals surface area contributed by atoms with Gasteiger partial charge in [-0.25, -0.2) is 9.97 Å². The zero-order valence-corrected chi connectivity index (χ0v) is 9.14. The van der Waals surface area contributed by atoms with Gasteiger partial charge in [0.05, 0.1) is 24.6 Å². The van der Waals surface area contributed by atoms with E-state index in [4.69, 9.17) is 5.73 Å². The summed E-state index contributed by atoms with van der Waals surface area (Å²) >= 11 is 0. The van der Waals surface area contributed by atoms with Crippen LogP contribution in [-0.4, -0.2) is 9.97 Å². The minimum Gasteiger partial charge on any atom is -0.396 e. The van der Waals surface area contributed by atoms with E-state index in [0.29, 0.717) is 12.2 Å². The van der Waals surface area contributed by atoms with Gasteiger partial charge in [0.1, 0.15) is 5.82 Å². The molecule has 1 aromatic heterocycles. The summed E-state index contributed by atoms with van der Waals surface area (Å²) in [5.74, 6) is 0.732. The Kier molecular flexibility index (Phi) is 3.00. The molecule has 2 rings (SSSR count). The van der Waals surface area contributed by atoms with Crippen LogP contribution in [0.15, 0.2) is 36.7 Å². The van der Waals surface area contributed by atoms with E-state index in [1.54, 1.807) is 12.4 Å². The quantitative estimate of drug-likeness (QED) is 0.820. The number of rotatable bonds is 3. The van der Waals surface area contributed by atoms with Crippen LogP contribution >= 0.6 is 0 Å². The third-order valence-electron chi connectivity index (χ3n) is 2.19. The third-order valence-corrected chi connectivity index (χ3v) is 2.19. The summed E-state index contributed by atoms with van der Waals surface area (Å²) < 4.78 is 0. The summed E-state index contributed by atoms with van der Waals surface area (Å²) in [6.45, 7) is 2.66. The molecule has 3 N–H and O–H groups in total. The summed E-state index contributed by atoms with van der Waals surface area (Å²) in [7, 11) is 0. The third kappa shape index (κ3) is 2.70. The Morgan fingerprint density at radius 2 is 2.00 bits per heavy atom. The molecule has 0 aliphatic carbocycles. The van der Waals surface area contributed by atoms with Gasteiger partial charge in [0.2, 0.25) is 0 Å². The highest BCUT2D eigenvalue weighted by Crippen LogP contribution is 2.10. The lowest BCUT2D eigenvalue weighted by Gasteiger charge is -2.05. The lowest BCUT2D eigenvalue weighted by atomic mass is 10.2. The number of nitrogens with two attached hydrogens (primary N) is 1. The molecule has 0 fully saturated rings. The van der Waals surface area contributed by atoms with Crippen molar-refractivity contribution in [2.75, 3.05) is 11.1 Å². The fourth-order valence-electron chi connectivity index (χ4n) is 1.39. The van der Waals surface area contributed by atoms with Crippen LogP contribution in [0.5, 0.6) is 0 Å². The minimum atomic E-state index is 0.583. The number of hydrogen-bond donors (Lipinski definition) is 2. The molecule has 0 saturated carbocycles. The highest BCUT2D eigenvalue weighted by Gasteiger charge is 1.96. The summed E-state index contributed by atoms with van der Waals surface area (Å²) in [6, 6.07) is 8.17.